The van der Waals surface area contributed by atoms with Crippen molar-refractivity contribution in [2.75, 3.05) is 33.5 Å². The Bertz CT molecular complexity index is 994. The number of methoxy groups -OCH3 is 1. The summed E-state index contributed by atoms with van der Waals surface area (Å²) < 4.78 is 15.3. The van der Waals surface area contributed by atoms with Crippen LogP contribution in [0.5, 0.6) is 11.5 Å². The molecule has 4 nitrogen and oxygen atoms in total. The van der Waals surface area contributed by atoms with Crippen LogP contribution in [0.4, 0.5) is 0 Å². The minimum absolute atomic E-state index is 0. The highest BCUT2D eigenvalue weighted by Gasteiger charge is 1.94. The molecule has 0 aliphatic rings. The van der Waals surface area contributed by atoms with Crippen LogP contribution in [0.3, 0.4) is 0 Å². The Balaban J connectivity index is -0.000000229. The lowest BCUT2D eigenvalue weighted by Gasteiger charge is -2.03. The molecular formula is C39H62O4. The van der Waals surface area contributed by atoms with E-state index >= 15 is 0 Å². The van der Waals surface area contributed by atoms with Gasteiger partial charge < -0.3 is 19.3 Å². The minimum atomic E-state index is 0. The fourth-order valence-corrected chi connectivity index (χ4v) is 3.12. The zero-order chi connectivity index (χ0) is 28.6. The van der Waals surface area contributed by atoms with Crippen molar-refractivity contribution in [2.24, 2.45) is 0 Å². The third-order valence-corrected chi connectivity index (χ3v) is 5.34. The lowest BCUT2D eigenvalue weighted by Crippen LogP contribution is -2.03. The molecule has 0 amide bonds. The number of aliphatic hydroxyl groups excluding tert-OH is 1. The fraction of sp³-hybridized carbons (Fsp3) is 0.385. The van der Waals surface area contributed by atoms with Crippen LogP contribution in [0.15, 0.2) is 121 Å². The highest BCUT2D eigenvalue weighted by atomic mass is 16.5. The molecule has 4 aromatic rings. The Morgan fingerprint density at radius 2 is 0.767 bits per heavy atom. The summed E-state index contributed by atoms with van der Waals surface area (Å²) in [5.74, 6) is 3.01. The standard InChI is InChI=1S/C9H12O2.2C9H12.C8H10O2.4CH4/c1-10-7-8-11-9-5-3-2-4-6-9;2*1-8(2)9-6-4-3-5-7-9;9-6-7-10-8-4-2-1-3-5-8;;;;/h2-6H,7-8H2,1H3;2*3-8H,1-2H3;1-5,9H,6-7H2;4*1H4. The molecule has 0 saturated heterocycles. The fourth-order valence-electron chi connectivity index (χ4n) is 3.12. The van der Waals surface area contributed by atoms with E-state index in [1.807, 2.05) is 72.8 Å². The second kappa shape index (κ2) is 31.3. The Morgan fingerprint density at radius 1 is 0.465 bits per heavy atom. The van der Waals surface area contributed by atoms with Gasteiger partial charge in [-0.2, -0.15) is 0 Å². The van der Waals surface area contributed by atoms with Gasteiger partial charge in [-0.05, 0) is 47.2 Å². The van der Waals surface area contributed by atoms with Crippen molar-refractivity contribution in [1.82, 2.24) is 0 Å². The molecule has 4 heteroatoms. The second-order valence-electron chi connectivity index (χ2n) is 9.17. The van der Waals surface area contributed by atoms with Crippen LogP contribution in [-0.4, -0.2) is 38.6 Å². The van der Waals surface area contributed by atoms with Crippen LogP contribution in [0.1, 0.15) is 80.4 Å². The number of benzene rings is 4. The van der Waals surface area contributed by atoms with Gasteiger partial charge >= 0.3 is 0 Å². The molecule has 0 unspecified atom stereocenters. The van der Waals surface area contributed by atoms with Gasteiger partial charge in [-0.3, -0.25) is 0 Å². The molecule has 0 radical (unpaired) electrons. The summed E-state index contributed by atoms with van der Waals surface area (Å²) in [5, 5.41) is 8.40. The highest BCUT2D eigenvalue weighted by molar-refractivity contribution is 5.21. The van der Waals surface area contributed by atoms with Gasteiger partial charge in [-0.15, -0.1) is 0 Å². The van der Waals surface area contributed by atoms with E-state index in [0.29, 0.717) is 31.7 Å². The number of aliphatic hydroxyl groups is 1. The van der Waals surface area contributed by atoms with Crippen molar-refractivity contribution in [3.05, 3.63) is 132 Å². The molecule has 242 valence electrons. The largest absolute Gasteiger partial charge is 0.491 e. The number of ether oxygens (including phenoxy) is 3. The molecule has 4 rings (SSSR count). The first-order valence-electron chi connectivity index (χ1n) is 13.5. The molecule has 43 heavy (non-hydrogen) atoms. The average molecular weight is 595 g/mol. The average Bonchev–Trinajstić information content (AvgIpc) is 2.99. The van der Waals surface area contributed by atoms with Crippen LogP contribution in [0, 0.1) is 0 Å². The van der Waals surface area contributed by atoms with Gasteiger partial charge in [0.2, 0.25) is 0 Å². The molecule has 0 atom stereocenters. The van der Waals surface area contributed by atoms with Crippen molar-refractivity contribution < 1.29 is 19.3 Å². The highest BCUT2D eigenvalue weighted by Crippen LogP contribution is 2.12. The molecule has 0 saturated carbocycles. The van der Waals surface area contributed by atoms with E-state index < -0.39 is 0 Å². The Morgan fingerprint density at radius 3 is 1.02 bits per heavy atom. The van der Waals surface area contributed by atoms with E-state index in [1.54, 1.807) is 7.11 Å². The molecule has 0 fully saturated rings. The zero-order valence-electron chi connectivity index (χ0n) is 24.2. The molecule has 1 N–H and O–H groups in total. The first-order chi connectivity index (χ1) is 19.0. The van der Waals surface area contributed by atoms with E-state index in [4.69, 9.17) is 19.3 Å². The summed E-state index contributed by atoms with van der Waals surface area (Å²) in [4.78, 5) is 0. The van der Waals surface area contributed by atoms with Crippen molar-refractivity contribution in [3.63, 3.8) is 0 Å². The normalized spacial score (nSPS) is 8.84. The number of hydrogen-bond donors (Lipinski definition) is 1. The van der Waals surface area contributed by atoms with E-state index in [-0.39, 0.29) is 36.3 Å². The van der Waals surface area contributed by atoms with E-state index in [9.17, 15) is 0 Å². The second-order valence-corrected chi connectivity index (χ2v) is 9.17. The number of rotatable bonds is 9. The van der Waals surface area contributed by atoms with E-state index in [0.717, 1.165) is 11.5 Å². The molecule has 0 heterocycles. The third-order valence-electron chi connectivity index (χ3n) is 5.34. The topological polar surface area (TPSA) is 47.9 Å². The van der Waals surface area contributed by atoms with E-state index in [2.05, 4.69) is 76.2 Å². The maximum absolute atomic E-state index is 8.40. The maximum Gasteiger partial charge on any atom is 0.119 e. The van der Waals surface area contributed by atoms with Crippen molar-refractivity contribution >= 4 is 0 Å². The van der Waals surface area contributed by atoms with Crippen LogP contribution >= 0.6 is 0 Å². The first kappa shape index (κ1) is 46.4. The Hall–Kier alpha value is -3.60. The molecule has 4 aromatic carbocycles. The number of hydrogen-bond acceptors (Lipinski definition) is 4. The molecular weight excluding hydrogens is 532 g/mol. The summed E-state index contributed by atoms with van der Waals surface area (Å²) >= 11 is 0. The van der Waals surface area contributed by atoms with Crippen LogP contribution in [0.2, 0.25) is 0 Å². The summed E-state index contributed by atoms with van der Waals surface area (Å²) in [6, 6.07) is 40.2. The van der Waals surface area contributed by atoms with Gasteiger partial charge in [0.25, 0.3) is 0 Å². The minimum Gasteiger partial charge on any atom is -0.491 e. The lowest BCUT2D eigenvalue weighted by atomic mass is 10.0. The first-order valence-corrected chi connectivity index (χ1v) is 13.5. The smallest absolute Gasteiger partial charge is 0.119 e. The number of para-hydroxylation sites is 2. The van der Waals surface area contributed by atoms with Gasteiger partial charge in [-0.25, -0.2) is 0 Å². The molecule has 0 aromatic heterocycles. The Kier molecular flexibility index (Phi) is 33.8. The summed E-state index contributed by atoms with van der Waals surface area (Å²) in [6.45, 7) is 10.5. The SMILES string of the molecule is C.C.C.C.CC(C)c1ccccc1.CC(C)c1ccccc1.COCCOc1ccccc1.OCCOc1ccccc1. The summed E-state index contributed by atoms with van der Waals surface area (Å²) in [6.07, 6.45) is 0. The monoisotopic (exact) mass is 594 g/mol. The predicted molar refractivity (Wildman–Crippen MR) is 191 cm³/mol. The van der Waals surface area contributed by atoms with E-state index in [1.165, 1.54) is 11.1 Å². The van der Waals surface area contributed by atoms with Crippen LogP contribution in [0.25, 0.3) is 0 Å². The van der Waals surface area contributed by atoms with Crippen LogP contribution in [-0.2, 0) is 4.74 Å². The van der Waals surface area contributed by atoms with Crippen molar-refractivity contribution in [3.8, 4) is 11.5 Å². The molecule has 0 spiro atoms. The van der Waals surface area contributed by atoms with Gasteiger partial charge in [0.05, 0.1) is 13.2 Å². The van der Waals surface area contributed by atoms with Crippen molar-refractivity contribution in [2.45, 2.75) is 69.2 Å². The Labute approximate surface area is 265 Å². The quantitative estimate of drug-likeness (QED) is 0.196. The lowest BCUT2D eigenvalue weighted by molar-refractivity contribution is 0.146. The van der Waals surface area contributed by atoms with Gasteiger partial charge in [0, 0.05) is 7.11 Å². The van der Waals surface area contributed by atoms with Crippen molar-refractivity contribution in [1.29, 1.82) is 0 Å². The summed E-state index contributed by atoms with van der Waals surface area (Å²) in [5.41, 5.74) is 2.83. The third kappa shape index (κ3) is 24.7. The van der Waals surface area contributed by atoms with Gasteiger partial charge in [0.15, 0.2) is 0 Å². The summed E-state index contributed by atoms with van der Waals surface area (Å²) in [7, 11) is 1.66. The molecule has 0 aliphatic heterocycles. The van der Waals surface area contributed by atoms with Gasteiger partial charge in [0.1, 0.15) is 24.7 Å². The zero-order valence-corrected chi connectivity index (χ0v) is 24.2. The molecule has 0 bridgehead atoms. The predicted octanol–water partition coefficient (Wildman–Crippen LogP) is 10.9. The van der Waals surface area contributed by atoms with Crippen LogP contribution < -0.4 is 9.47 Å². The maximum atomic E-state index is 8.40. The van der Waals surface area contributed by atoms with Gasteiger partial charge in [-0.1, -0.05) is 154 Å². The molecule has 0 aliphatic carbocycles.